The van der Waals surface area contributed by atoms with E-state index in [0.717, 1.165) is 0 Å². The van der Waals surface area contributed by atoms with E-state index < -0.39 is 39.1 Å². The van der Waals surface area contributed by atoms with Crippen LogP contribution in [0.15, 0.2) is 0 Å². The Kier molecular flexibility index (Phi) is 10.5. The van der Waals surface area contributed by atoms with Gasteiger partial charge in [-0.25, -0.2) is 22.8 Å². The molecule has 0 aliphatic heterocycles. The molecule has 0 bridgehead atoms. The van der Waals surface area contributed by atoms with Crippen LogP contribution < -0.4 is 0 Å². The maximum atomic E-state index is 11.0. The molecule has 0 aromatic heterocycles. The predicted molar refractivity (Wildman–Crippen MR) is 57.9 cm³/mol. The van der Waals surface area contributed by atoms with E-state index in [0.29, 0.717) is 0 Å². The van der Waals surface area contributed by atoms with Crippen molar-refractivity contribution in [3.63, 3.8) is 0 Å². The molecular weight excluding hydrogens is 584 g/mol. The third-order valence-corrected chi connectivity index (χ3v) is 7.49. The fourth-order valence-corrected chi connectivity index (χ4v) is 5.97. The summed E-state index contributed by atoms with van der Waals surface area (Å²) in [5.74, 6) is 0. The molecule has 0 heterocycles. The molecule has 0 rings (SSSR count). The molecule has 7 N–H and O–H groups in total. The molecule has 0 aromatic carbocycles. The van der Waals surface area contributed by atoms with Gasteiger partial charge in [-0.3, -0.25) is 0 Å². The van der Waals surface area contributed by atoms with E-state index in [2.05, 4.69) is 17.2 Å². The number of rotatable bonds is 8. The first-order valence-electron chi connectivity index (χ1n) is 3.77. The van der Waals surface area contributed by atoms with E-state index in [1.807, 2.05) is 0 Å². The molecule has 0 amide bonds. The SMILES string of the molecule is O=P(O)(O)OP(=O)(O)OP(=O)(O)OP(=O)(O)OP(=O)(O)O.[Yb]. The molecule has 0 saturated heterocycles. The third-order valence-electron chi connectivity index (χ3n) is 0.832. The second-order valence-electron chi connectivity index (χ2n) is 2.71. The summed E-state index contributed by atoms with van der Waals surface area (Å²) >= 11 is 0. The van der Waals surface area contributed by atoms with Crippen LogP contribution in [-0.4, -0.2) is 34.3 Å². The van der Waals surface area contributed by atoms with Gasteiger partial charge in [0, 0.05) is 46.9 Å². The van der Waals surface area contributed by atoms with Gasteiger partial charge in [0.15, 0.2) is 0 Å². The van der Waals surface area contributed by atoms with Crippen LogP contribution in [0.4, 0.5) is 0 Å². The minimum Gasteiger partial charge on any atom is -0.302 e. The number of hydrogen-bond donors (Lipinski definition) is 7. The van der Waals surface area contributed by atoms with Crippen molar-refractivity contribution in [1.29, 1.82) is 0 Å². The van der Waals surface area contributed by atoms with E-state index in [1.165, 1.54) is 0 Å². The third kappa shape index (κ3) is 14.6. The van der Waals surface area contributed by atoms with E-state index in [-0.39, 0.29) is 46.9 Å². The van der Waals surface area contributed by atoms with Gasteiger partial charge in [0.2, 0.25) is 0 Å². The Labute approximate surface area is 159 Å². The molecule has 0 aliphatic carbocycles. The van der Waals surface area contributed by atoms with E-state index in [9.17, 15) is 22.8 Å². The second-order valence-corrected chi connectivity index (χ2v) is 10.1. The van der Waals surface area contributed by atoms with Crippen molar-refractivity contribution in [2.45, 2.75) is 0 Å². The predicted octanol–water partition coefficient (Wildman–Crippen LogP) is -0.461. The van der Waals surface area contributed by atoms with Crippen molar-refractivity contribution in [3.8, 4) is 0 Å². The average Bonchev–Trinajstić information content (AvgIpc) is 1.83. The Morgan fingerprint density at radius 3 is 0.818 bits per heavy atom. The molecule has 0 aromatic rings. The van der Waals surface area contributed by atoms with Crippen LogP contribution >= 0.6 is 39.1 Å². The zero-order chi connectivity index (χ0) is 17.3. The molecule has 0 fully saturated rings. The quantitative estimate of drug-likeness (QED) is 0.176. The Hall–Kier alpha value is 2.23. The number of phosphoric acid groups is 5. The summed E-state index contributed by atoms with van der Waals surface area (Å²) in [6.45, 7) is 0. The van der Waals surface area contributed by atoms with E-state index in [4.69, 9.17) is 34.3 Å². The molecule has 22 heteroatoms. The van der Waals surface area contributed by atoms with Crippen LogP contribution in [0.2, 0.25) is 0 Å². The van der Waals surface area contributed by atoms with Gasteiger partial charge in [-0.05, 0) is 0 Å². The summed E-state index contributed by atoms with van der Waals surface area (Å²) in [5, 5.41) is 0. The Bertz CT molecular complexity index is 552. The molecule has 2 unspecified atom stereocenters. The van der Waals surface area contributed by atoms with Crippen LogP contribution in [0.25, 0.3) is 0 Å². The van der Waals surface area contributed by atoms with Gasteiger partial charge in [-0.2, -0.15) is 17.2 Å². The Morgan fingerprint density at radius 2 is 0.636 bits per heavy atom. The molecule has 22 heavy (non-hydrogen) atoms. The molecule has 0 spiro atoms. The summed E-state index contributed by atoms with van der Waals surface area (Å²) in [5.41, 5.74) is 0. The first kappa shape index (κ1) is 26.5. The van der Waals surface area contributed by atoms with Crippen LogP contribution in [0, 0.1) is 46.9 Å². The summed E-state index contributed by atoms with van der Waals surface area (Å²) < 4.78 is 65.6. The van der Waals surface area contributed by atoms with Crippen molar-refractivity contribution in [2.75, 3.05) is 0 Å². The monoisotopic (exact) mass is 592 g/mol. The number of hydrogen-bond acceptors (Lipinski definition) is 9. The maximum Gasteiger partial charge on any atom is 0.490 e. The van der Waals surface area contributed by atoms with Crippen LogP contribution in [0.1, 0.15) is 0 Å². The summed E-state index contributed by atoms with van der Waals surface area (Å²) in [6.07, 6.45) is 0. The molecule has 0 aliphatic rings. The van der Waals surface area contributed by atoms with Gasteiger partial charge in [0.05, 0.1) is 0 Å². The maximum absolute atomic E-state index is 11.0. The van der Waals surface area contributed by atoms with Gasteiger partial charge in [0.1, 0.15) is 0 Å². The molecule has 0 saturated carbocycles. The second kappa shape index (κ2) is 8.75. The minimum absolute atomic E-state index is 0. The smallest absolute Gasteiger partial charge is 0.302 e. The van der Waals surface area contributed by atoms with Gasteiger partial charge in [-0.15, -0.1) is 0 Å². The minimum atomic E-state index is -6.07. The first-order valence-corrected chi connectivity index (χ1v) is 11.3. The van der Waals surface area contributed by atoms with Crippen molar-refractivity contribution in [3.05, 3.63) is 0 Å². The zero-order valence-electron chi connectivity index (χ0n) is 9.31. The first-order chi connectivity index (χ1) is 8.83. The van der Waals surface area contributed by atoms with Crippen molar-refractivity contribution < 1.29 is 121 Å². The van der Waals surface area contributed by atoms with Crippen LogP contribution in [0.3, 0.4) is 0 Å². The molecular formula is H7O16P5Yb. The summed E-state index contributed by atoms with van der Waals surface area (Å²) in [4.78, 5) is 58.7. The normalized spacial score (nSPS) is 21.0. The van der Waals surface area contributed by atoms with Crippen LogP contribution in [0.5, 0.6) is 0 Å². The summed E-state index contributed by atoms with van der Waals surface area (Å²) in [6, 6.07) is 0. The molecule has 16 nitrogen and oxygen atoms in total. The fourth-order valence-electron chi connectivity index (χ4n) is 0.574. The Balaban J connectivity index is 0. The van der Waals surface area contributed by atoms with Gasteiger partial charge < -0.3 is 34.3 Å². The topological polar surface area (TPSA) is 264 Å². The Morgan fingerprint density at radius 1 is 0.455 bits per heavy atom. The van der Waals surface area contributed by atoms with Gasteiger partial charge in [0.25, 0.3) is 0 Å². The molecule has 2 atom stereocenters. The molecule has 142 valence electrons. The van der Waals surface area contributed by atoms with Gasteiger partial charge >= 0.3 is 39.1 Å². The van der Waals surface area contributed by atoms with Crippen molar-refractivity contribution in [2.24, 2.45) is 0 Å². The van der Waals surface area contributed by atoms with E-state index >= 15 is 0 Å². The zero-order valence-corrected chi connectivity index (χ0v) is 15.5. The van der Waals surface area contributed by atoms with Crippen LogP contribution in [-0.2, 0) is 40.1 Å². The standard InChI is InChI=1S/H7O16P5.Yb/c1-17(2,3)13-19(7,8)15-21(11,12)16-20(9,10)14-18(4,5)6;/h(H,7,8)(H,9,10)(H,11,12)(H2,1,2,3)(H2,4,5,6);. The van der Waals surface area contributed by atoms with Gasteiger partial charge in [-0.1, -0.05) is 0 Å². The average molecular weight is 591 g/mol. The molecule has 0 radical (unpaired) electrons. The van der Waals surface area contributed by atoms with E-state index in [1.54, 1.807) is 0 Å². The van der Waals surface area contributed by atoms with Crippen molar-refractivity contribution >= 4 is 39.1 Å². The van der Waals surface area contributed by atoms with Crippen molar-refractivity contribution in [1.82, 2.24) is 0 Å². The fraction of sp³-hybridized carbons (Fsp3) is 0. The summed E-state index contributed by atoms with van der Waals surface area (Å²) in [7, 11) is -29.3. The largest absolute Gasteiger partial charge is 0.490 e.